The Morgan fingerprint density at radius 2 is 2.10 bits per heavy atom. The molecule has 3 aromatic rings. The molecule has 1 atom stereocenters. The molecule has 2 aromatic heterocycles. The van der Waals surface area contributed by atoms with Crippen LogP contribution < -0.4 is 5.76 Å². The van der Waals surface area contributed by atoms with Crippen molar-refractivity contribution < 1.29 is 9.52 Å². The lowest BCUT2D eigenvalue weighted by Gasteiger charge is -2.08. The molecule has 1 unspecified atom stereocenters. The number of halogens is 2. The molecule has 0 radical (unpaired) electrons. The second-order valence-corrected chi connectivity index (χ2v) is 7.58. The average molecular weight is 419 g/mol. The number of hydrogen-bond donors (Lipinski definition) is 1. The summed E-state index contributed by atoms with van der Waals surface area (Å²) in [7, 11) is 1.65. The van der Waals surface area contributed by atoms with E-state index in [1.54, 1.807) is 25.2 Å². The van der Waals surface area contributed by atoms with Crippen LogP contribution in [0.25, 0.3) is 11.1 Å². The molecule has 1 N–H and O–H groups in total. The summed E-state index contributed by atoms with van der Waals surface area (Å²) in [5.74, 6) is -0.409. The number of benzene rings is 1. The molecule has 0 spiro atoms. The van der Waals surface area contributed by atoms with Gasteiger partial charge in [0, 0.05) is 16.4 Å². The van der Waals surface area contributed by atoms with E-state index in [9.17, 15) is 9.90 Å². The van der Waals surface area contributed by atoms with Gasteiger partial charge in [0.25, 0.3) is 0 Å². The Hall–Kier alpha value is -0.890. The van der Waals surface area contributed by atoms with E-state index in [1.165, 1.54) is 15.9 Å². The van der Waals surface area contributed by atoms with Crippen molar-refractivity contribution in [2.45, 2.75) is 6.10 Å². The van der Waals surface area contributed by atoms with Crippen LogP contribution in [0.2, 0.25) is 0 Å². The van der Waals surface area contributed by atoms with Crippen molar-refractivity contribution in [3.63, 3.8) is 0 Å². The zero-order valence-electron chi connectivity index (χ0n) is 10.3. The number of nitrogens with zero attached hydrogens (tertiary/aromatic N) is 1. The normalized spacial score (nSPS) is 13.0. The highest BCUT2D eigenvalue weighted by Crippen LogP contribution is 2.37. The first-order valence-corrected chi connectivity index (χ1v) is 8.10. The average Bonchev–Trinajstić information content (AvgIpc) is 2.90. The highest BCUT2D eigenvalue weighted by molar-refractivity contribution is 9.13. The van der Waals surface area contributed by atoms with Gasteiger partial charge in [0.2, 0.25) is 0 Å². The maximum absolute atomic E-state index is 11.5. The number of aliphatic hydroxyl groups excluding tert-OH is 1. The minimum absolute atomic E-state index is 0.409. The van der Waals surface area contributed by atoms with E-state index in [0.717, 1.165) is 13.1 Å². The number of fused-ring (bicyclic) bond motifs is 1. The zero-order valence-corrected chi connectivity index (χ0v) is 14.3. The van der Waals surface area contributed by atoms with E-state index >= 15 is 0 Å². The Labute approximate surface area is 134 Å². The second kappa shape index (κ2) is 5.14. The van der Waals surface area contributed by atoms with Crippen LogP contribution in [-0.2, 0) is 7.05 Å². The lowest BCUT2D eigenvalue weighted by molar-refractivity contribution is 0.224. The van der Waals surface area contributed by atoms with Crippen molar-refractivity contribution in [1.82, 2.24) is 4.57 Å². The quantitative estimate of drug-likeness (QED) is 0.688. The van der Waals surface area contributed by atoms with Crippen molar-refractivity contribution in [1.29, 1.82) is 0 Å². The standard InChI is InChI=1S/C13H9Br2NO3S/c1-16-8-3-2-6(4-9(8)19-13(16)18)11(17)10-5-7(14)12(15)20-10/h2-5,11,17H,1H3. The highest BCUT2D eigenvalue weighted by Gasteiger charge is 2.17. The molecule has 1 aromatic carbocycles. The predicted octanol–water partition coefficient (Wildman–Crippen LogP) is 3.80. The third-order valence-corrected chi connectivity index (χ3v) is 6.37. The summed E-state index contributed by atoms with van der Waals surface area (Å²) < 4.78 is 8.41. The van der Waals surface area contributed by atoms with Crippen LogP contribution in [0.4, 0.5) is 0 Å². The van der Waals surface area contributed by atoms with Gasteiger partial charge in [-0.25, -0.2) is 4.79 Å². The molecule has 20 heavy (non-hydrogen) atoms. The van der Waals surface area contributed by atoms with Gasteiger partial charge in [0.15, 0.2) is 5.58 Å². The summed E-state index contributed by atoms with van der Waals surface area (Å²) >= 11 is 8.26. The monoisotopic (exact) mass is 417 g/mol. The van der Waals surface area contributed by atoms with Gasteiger partial charge in [0.1, 0.15) is 6.10 Å². The summed E-state index contributed by atoms with van der Waals surface area (Å²) in [5.41, 5.74) is 1.87. The Balaban J connectivity index is 2.07. The van der Waals surface area contributed by atoms with Crippen molar-refractivity contribution in [3.05, 3.63) is 53.5 Å². The fraction of sp³-hybridized carbons (Fsp3) is 0.154. The minimum atomic E-state index is -0.752. The third-order valence-electron chi connectivity index (χ3n) is 3.07. The molecule has 3 rings (SSSR count). The van der Waals surface area contributed by atoms with Crippen LogP contribution in [0.15, 0.2) is 41.7 Å². The van der Waals surface area contributed by atoms with Gasteiger partial charge < -0.3 is 9.52 Å². The van der Waals surface area contributed by atoms with Gasteiger partial charge in [-0.1, -0.05) is 6.07 Å². The first-order valence-electron chi connectivity index (χ1n) is 5.69. The molecule has 0 aliphatic heterocycles. The van der Waals surface area contributed by atoms with Crippen LogP contribution in [0, 0.1) is 0 Å². The van der Waals surface area contributed by atoms with E-state index in [-0.39, 0.29) is 0 Å². The van der Waals surface area contributed by atoms with Gasteiger partial charge in [0.05, 0.1) is 9.30 Å². The van der Waals surface area contributed by atoms with Crippen LogP contribution >= 0.6 is 43.2 Å². The number of thiophene rings is 1. The van der Waals surface area contributed by atoms with E-state index in [4.69, 9.17) is 4.42 Å². The van der Waals surface area contributed by atoms with Crippen LogP contribution in [0.3, 0.4) is 0 Å². The zero-order chi connectivity index (χ0) is 14.4. The largest absolute Gasteiger partial charge is 0.419 e. The molecule has 104 valence electrons. The Kier molecular flexibility index (Phi) is 3.62. The maximum atomic E-state index is 11.5. The molecule has 0 saturated heterocycles. The SMILES string of the molecule is Cn1c(=O)oc2cc(C(O)c3cc(Br)c(Br)s3)ccc21. The number of oxazole rings is 1. The van der Waals surface area contributed by atoms with E-state index in [0.29, 0.717) is 16.7 Å². The molecule has 2 heterocycles. The number of rotatable bonds is 2. The molecule has 0 aliphatic carbocycles. The van der Waals surface area contributed by atoms with E-state index < -0.39 is 11.9 Å². The maximum Gasteiger partial charge on any atom is 0.419 e. The van der Waals surface area contributed by atoms with Gasteiger partial charge in [-0.05, 0) is 55.6 Å². The summed E-state index contributed by atoms with van der Waals surface area (Å²) in [4.78, 5) is 12.3. The van der Waals surface area contributed by atoms with Crippen molar-refractivity contribution in [3.8, 4) is 0 Å². The van der Waals surface area contributed by atoms with Gasteiger partial charge in [-0.3, -0.25) is 4.57 Å². The summed E-state index contributed by atoms with van der Waals surface area (Å²) in [6.45, 7) is 0. The minimum Gasteiger partial charge on any atom is -0.408 e. The fourth-order valence-electron chi connectivity index (χ4n) is 1.98. The number of hydrogen-bond acceptors (Lipinski definition) is 4. The molecule has 0 aliphatic rings. The number of aliphatic hydroxyl groups is 1. The molecule has 0 fully saturated rings. The molecule has 0 amide bonds. The second-order valence-electron chi connectivity index (χ2n) is 4.33. The number of aryl methyl sites for hydroxylation is 1. The van der Waals surface area contributed by atoms with Crippen molar-refractivity contribution in [2.24, 2.45) is 7.05 Å². The Morgan fingerprint density at radius 3 is 2.75 bits per heavy atom. The summed E-state index contributed by atoms with van der Waals surface area (Å²) in [6.07, 6.45) is -0.752. The lowest BCUT2D eigenvalue weighted by atomic mass is 10.1. The summed E-state index contributed by atoms with van der Waals surface area (Å²) in [6, 6.07) is 7.13. The summed E-state index contributed by atoms with van der Waals surface area (Å²) in [5, 5.41) is 10.4. The van der Waals surface area contributed by atoms with Crippen LogP contribution in [-0.4, -0.2) is 9.67 Å². The molecular formula is C13H9Br2NO3S. The van der Waals surface area contributed by atoms with Crippen molar-refractivity contribution >= 4 is 54.3 Å². The lowest BCUT2D eigenvalue weighted by Crippen LogP contribution is -2.08. The predicted molar refractivity (Wildman–Crippen MR) is 85.2 cm³/mol. The molecule has 0 saturated carbocycles. The highest BCUT2D eigenvalue weighted by atomic mass is 79.9. The first kappa shape index (κ1) is 14.1. The van der Waals surface area contributed by atoms with Crippen LogP contribution in [0.5, 0.6) is 0 Å². The topological polar surface area (TPSA) is 55.4 Å². The molecular weight excluding hydrogens is 410 g/mol. The van der Waals surface area contributed by atoms with E-state index in [2.05, 4.69) is 31.9 Å². The Morgan fingerprint density at radius 1 is 1.35 bits per heavy atom. The molecule has 7 heteroatoms. The molecule has 0 bridgehead atoms. The van der Waals surface area contributed by atoms with Gasteiger partial charge >= 0.3 is 5.76 Å². The fourth-order valence-corrected chi connectivity index (χ4v) is 4.09. The first-order chi connectivity index (χ1) is 9.47. The number of aromatic nitrogens is 1. The van der Waals surface area contributed by atoms with Crippen LogP contribution in [0.1, 0.15) is 16.5 Å². The third kappa shape index (κ3) is 2.28. The van der Waals surface area contributed by atoms with E-state index in [1.807, 2.05) is 6.07 Å². The van der Waals surface area contributed by atoms with Crippen molar-refractivity contribution in [2.75, 3.05) is 0 Å². The van der Waals surface area contributed by atoms with Gasteiger partial charge in [-0.15, -0.1) is 11.3 Å². The molecule has 4 nitrogen and oxygen atoms in total. The van der Waals surface area contributed by atoms with Gasteiger partial charge in [-0.2, -0.15) is 0 Å². The smallest absolute Gasteiger partial charge is 0.408 e. The Bertz CT molecular complexity index is 830.